The highest BCUT2D eigenvalue weighted by atomic mass is 16.5. The summed E-state index contributed by atoms with van der Waals surface area (Å²) in [6.07, 6.45) is 5.15. The summed E-state index contributed by atoms with van der Waals surface area (Å²) >= 11 is 0. The zero-order valence-corrected chi connectivity index (χ0v) is 14.7. The lowest BCUT2D eigenvalue weighted by atomic mass is 10.1. The van der Waals surface area contributed by atoms with Crippen molar-refractivity contribution in [3.8, 4) is 5.75 Å². The van der Waals surface area contributed by atoms with Gasteiger partial charge in [-0.15, -0.1) is 0 Å². The highest BCUT2D eigenvalue weighted by Gasteiger charge is 2.23. The summed E-state index contributed by atoms with van der Waals surface area (Å²) in [6, 6.07) is 7.21. The summed E-state index contributed by atoms with van der Waals surface area (Å²) < 4.78 is 8.79. The van der Waals surface area contributed by atoms with E-state index in [-0.39, 0.29) is 11.9 Å². The molecule has 0 saturated carbocycles. The van der Waals surface area contributed by atoms with Gasteiger partial charge in [-0.25, -0.2) is 4.98 Å². The zero-order chi connectivity index (χ0) is 18.0. The van der Waals surface area contributed by atoms with Crippen molar-refractivity contribution in [1.82, 2.24) is 24.6 Å². The van der Waals surface area contributed by atoms with Gasteiger partial charge in [0.15, 0.2) is 0 Å². The summed E-state index contributed by atoms with van der Waals surface area (Å²) in [5, 5.41) is 7.21. The van der Waals surface area contributed by atoms with E-state index < -0.39 is 0 Å². The predicted octanol–water partition coefficient (Wildman–Crippen LogP) is 1.99. The van der Waals surface area contributed by atoms with Crippen LogP contribution in [0.1, 0.15) is 33.5 Å². The fraction of sp³-hybridized carbons (Fsp3) is 0.278. The van der Waals surface area contributed by atoms with Crippen LogP contribution in [0, 0.1) is 6.92 Å². The van der Waals surface area contributed by atoms with E-state index in [0.717, 1.165) is 22.8 Å². The van der Waals surface area contributed by atoms with Gasteiger partial charge in [0.2, 0.25) is 0 Å². The molecule has 7 nitrogen and oxygen atoms in total. The molecule has 2 aromatic heterocycles. The quantitative estimate of drug-likeness (QED) is 0.771. The van der Waals surface area contributed by atoms with Crippen LogP contribution >= 0.6 is 0 Å². The van der Waals surface area contributed by atoms with Gasteiger partial charge < -0.3 is 14.6 Å². The maximum Gasteiger partial charge on any atom is 0.255 e. The van der Waals surface area contributed by atoms with Crippen molar-refractivity contribution in [2.75, 3.05) is 7.11 Å². The highest BCUT2D eigenvalue weighted by Crippen LogP contribution is 2.23. The van der Waals surface area contributed by atoms with Crippen LogP contribution in [0.15, 0.2) is 42.9 Å². The van der Waals surface area contributed by atoms with E-state index in [0.29, 0.717) is 5.56 Å². The number of carbonyl (C=O) groups is 1. The topological polar surface area (TPSA) is 74.0 Å². The number of carbonyl (C=O) groups excluding carboxylic acids is 1. The number of amides is 1. The average Bonchev–Trinajstić information content (AvgIpc) is 3.19. The van der Waals surface area contributed by atoms with Crippen LogP contribution in [-0.4, -0.2) is 32.3 Å². The molecular weight excluding hydrogens is 318 g/mol. The first-order valence-corrected chi connectivity index (χ1v) is 7.92. The third-order valence-electron chi connectivity index (χ3n) is 4.32. The van der Waals surface area contributed by atoms with Crippen molar-refractivity contribution >= 4 is 5.91 Å². The van der Waals surface area contributed by atoms with Crippen LogP contribution in [0.5, 0.6) is 5.75 Å². The van der Waals surface area contributed by atoms with Gasteiger partial charge in [-0.2, -0.15) is 5.10 Å². The minimum atomic E-state index is -0.377. The Kier molecular flexibility index (Phi) is 4.56. The third-order valence-corrected chi connectivity index (χ3v) is 4.32. The van der Waals surface area contributed by atoms with E-state index in [1.807, 2.05) is 56.0 Å². The monoisotopic (exact) mass is 339 g/mol. The van der Waals surface area contributed by atoms with E-state index in [1.165, 1.54) is 0 Å². The van der Waals surface area contributed by atoms with E-state index in [1.54, 1.807) is 24.2 Å². The summed E-state index contributed by atoms with van der Waals surface area (Å²) in [5.74, 6) is 1.33. The Hall–Kier alpha value is -3.09. The maximum absolute atomic E-state index is 12.8. The van der Waals surface area contributed by atoms with Crippen LogP contribution < -0.4 is 10.1 Å². The highest BCUT2D eigenvalue weighted by molar-refractivity contribution is 5.95. The Morgan fingerprint density at radius 2 is 1.96 bits per heavy atom. The number of methoxy groups -OCH3 is 1. The second-order valence-electron chi connectivity index (χ2n) is 5.84. The van der Waals surface area contributed by atoms with Gasteiger partial charge in [-0.3, -0.25) is 9.48 Å². The first-order chi connectivity index (χ1) is 12.0. The number of imidazole rings is 1. The Bertz CT molecular complexity index is 879. The van der Waals surface area contributed by atoms with Gasteiger partial charge in [0.1, 0.15) is 17.6 Å². The van der Waals surface area contributed by atoms with Crippen molar-refractivity contribution in [3.05, 3.63) is 65.5 Å². The van der Waals surface area contributed by atoms with E-state index in [4.69, 9.17) is 4.74 Å². The molecule has 3 aromatic rings. The fourth-order valence-corrected chi connectivity index (χ4v) is 2.68. The molecule has 0 spiro atoms. The average molecular weight is 339 g/mol. The molecule has 1 aromatic carbocycles. The van der Waals surface area contributed by atoms with Crippen LogP contribution in [0.4, 0.5) is 0 Å². The molecule has 0 fully saturated rings. The smallest absolute Gasteiger partial charge is 0.255 e. The molecule has 0 radical (unpaired) electrons. The Balaban J connectivity index is 1.95. The molecule has 1 N–H and O–H groups in total. The normalized spacial score (nSPS) is 12.0. The molecule has 1 amide bonds. The lowest BCUT2D eigenvalue weighted by Crippen LogP contribution is -2.31. The number of ether oxygens (including phenoxy) is 1. The number of benzene rings is 1. The minimum absolute atomic E-state index is 0.186. The van der Waals surface area contributed by atoms with E-state index >= 15 is 0 Å². The van der Waals surface area contributed by atoms with Crippen molar-refractivity contribution in [2.24, 2.45) is 14.1 Å². The van der Waals surface area contributed by atoms with Gasteiger partial charge in [-0.1, -0.05) is 12.1 Å². The maximum atomic E-state index is 12.8. The molecule has 0 unspecified atom stereocenters. The number of aromatic nitrogens is 4. The van der Waals surface area contributed by atoms with Crippen molar-refractivity contribution in [2.45, 2.75) is 13.0 Å². The van der Waals surface area contributed by atoms with Crippen molar-refractivity contribution < 1.29 is 9.53 Å². The largest absolute Gasteiger partial charge is 0.497 e. The summed E-state index contributed by atoms with van der Waals surface area (Å²) in [4.78, 5) is 17.2. The minimum Gasteiger partial charge on any atom is -0.497 e. The Morgan fingerprint density at radius 3 is 2.48 bits per heavy atom. The van der Waals surface area contributed by atoms with Crippen molar-refractivity contribution in [3.63, 3.8) is 0 Å². The van der Waals surface area contributed by atoms with Crippen LogP contribution in [0.25, 0.3) is 0 Å². The van der Waals surface area contributed by atoms with Crippen LogP contribution in [0.2, 0.25) is 0 Å². The van der Waals surface area contributed by atoms with Gasteiger partial charge in [0.25, 0.3) is 5.91 Å². The SMILES string of the molecule is COc1ccc([C@@H](NC(=O)c2cnn(C)c2C)c2nccn2C)cc1. The summed E-state index contributed by atoms with van der Waals surface area (Å²) in [6.45, 7) is 1.87. The predicted molar refractivity (Wildman–Crippen MR) is 93.5 cm³/mol. The zero-order valence-electron chi connectivity index (χ0n) is 14.7. The molecule has 7 heteroatoms. The van der Waals surface area contributed by atoms with Gasteiger partial charge in [0.05, 0.1) is 18.9 Å². The Morgan fingerprint density at radius 1 is 1.24 bits per heavy atom. The van der Waals surface area contributed by atoms with Crippen LogP contribution in [0.3, 0.4) is 0 Å². The molecule has 1 atom stereocenters. The lowest BCUT2D eigenvalue weighted by Gasteiger charge is -2.19. The molecule has 0 bridgehead atoms. The molecular formula is C18H21N5O2. The number of nitrogens with one attached hydrogen (secondary N) is 1. The molecule has 130 valence electrons. The number of hydrogen-bond donors (Lipinski definition) is 1. The number of rotatable bonds is 5. The van der Waals surface area contributed by atoms with E-state index in [9.17, 15) is 4.79 Å². The molecule has 2 heterocycles. The van der Waals surface area contributed by atoms with Gasteiger partial charge in [-0.05, 0) is 24.6 Å². The molecule has 0 aliphatic heterocycles. The summed E-state index contributed by atoms with van der Waals surface area (Å²) in [7, 11) is 5.34. The second kappa shape index (κ2) is 6.80. The van der Waals surface area contributed by atoms with E-state index in [2.05, 4.69) is 15.4 Å². The molecule has 0 saturated heterocycles. The van der Waals surface area contributed by atoms with Crippen LogP contribution in [-0.2, 0) is 14.1 Å². The van der Waals surface area contributed by atoms with Gasteiger partial charge >= 0.3 is 0 Å². The number of aryl methyl sites for hydroxylation is 2. The van der Waals surface area contributed by atoms with Gasteiger partial charge in [0, 0.05) is 32.2 Å². The standard InChI is InChI=1S/C18H21N5O2/c1-12-15(11-20-23(12)3)18(24)21-16(17-19-9-10-22(17)2)13-5-7-14(25-4)8-6-13/h5-11,16H,1-4H3,(H,21,24)/t16-/m1/s1. The number of nitrogens with zero attached hydrogens (tertiary/aromatic N) is 4. The first kappa shape index (κ1) is 16.8. The number of hydrogen-bond acceptors (Lipinski definition) is 4. The second-order valence-corrected chi connectivity index (χ2v) is 5.84. The summed E-state index contributed by atoms with van der Waals surface area (Å²) in [5.41, 5.74) is 2.28. The van der Waals surface area contributed by atoms with Crippen molar-refractivity contribution in [1.29, 1.82) is 0 Å². The first-order valence-electron chi connectivity index (χ1n) is 7.92. The Labute approximate surface area is 146 Å². The molecule has 25 heavy (non-hydrogen) atoms. The fourth-order valence-electron chi connectivity index (χ4n) is 2.68. The molecule has 0 aliphatic carbocycles. The lowest BCUT2D eigenvalue weighted by molar-refractivity contribution is 0.0940. The molecule has 0 aliphatic rings. The molecule has 3 rings (SSSR count). The third kappa shape index (κ3) is 3.26.